The number of benzene rings is 1. The molecule has 1 aromatic heterocycles. The van der Waals surface area contributed by atoms with Crippen LogP contribution in [-0.4, -0.2) is 46.5 Å². The van der Waals surface area contributed by atoms with Crippen LogP contribution >= 0.6 is 34.8 Å². The largest absolute Gasteiger partial charge is 0.479 e. The Kier molecular flexibility index (Phi) is 7.61. The highest BCUT2D eigenvalue weighted by atomic mass is 35.5. The number of halogens is 3. The Hall–Kier alpha value is -2.65. The van der Waals surface area contributed by atoms with E-state index < -0.39 is 22.8 Å². The van der Waals surface area contributed by atoms with E-state index in [1.54, 1.807) is 31.2 Å². The van der Waals surface area contributed by atoms with Crippen molar-refractivity contribution in [2.45, 2.75) is 38.1 Å². The van der Waals surface area contributed by atoms with E-state index in [0.29, 0.717) is 43.0 Å². The van der Waals surface area contributed by atoms with E-state index in [4.69, 9.17) is 39.5 Å². The molecular formula is C25H24Cl3N3O5. The molecule has 1 aliphatic heterocycles. The Morgan fingerprint density at radius 1 is 1.11 bits per heavy atom. The molecule has 0 radical (unpaired) electrons. The molecule has 3 N–H and O–H groups in total. The van der Waals surface area contributed by atoms with Crippen LogP contribution in [0.25, 0.3) is 0 Å². The van der Waals surface area contributed by atoms with Crippen molar-refractivity contribution in [1.82, 2.24) is 10.3 Å². The second-order valence-electron chi connectivity index (χ2n) is 8.88. The summed E-state index contributed by atoms with van der Waals surface area (Å²) in [6, 6.07) is 6.79. The highest BCUT2D eigenvalue weighted by molar-refractivity contribution is 6.47. The van der Waals surface area contributed by atoms with E-state index in [1.807, 2.05) is 0 Å². The number of aliphatic carboxylic acids is 1. The Morgan fingerprint density at radius 3 is 2.28 bits per heavy atom. The van der Waals surface area contributed by atoms with Crippen molar-refractivity contribution >= 4 is 58.1 Å². The van der Waals surface area contributed by atoms with E-state index in [9.17, 15) is 19.5 Å². The number of nitrogens with one attached hydrogen (secondary N) is 2. The zero-order valence-electron chi connectivity index (χ0n) is 19.4. The van der Waals surface area contributed by atoms with Gasteiger partial charge in [0.1, 0.15) is 10.6 Å². The summed E-state index contributed by atoms with van der Waals surface area (Å²) in [5.74, 6) is -1.71. The van der Waals surface area contributed by atoms with Crippen molar-refractivity contribution in [1.29, 1.82) is 0 Å². The van der Waals surface area contributed by atoms with Crippen molar-refractivity contribution in [2.24, 2.45) is 5.41 Å². The van der Waals surface area contributed by atoms with Crippen LogP contribution in [0.3, 0.4) is 0 Å². The first-order chi connectivity index (χ1) is 17.1. The van der Waals surface area contributed by atoms with Crippen LogP contribution in [0.15, 0.2) is 47.4 Å². The molecular weight excluding hydrogens is 529 g/mol. The number of Topliss-reactive ketones (excluding diaryl/α,β-unsaturated/α-hetero) is 1. The fraction of sp³-hybridized carbons (Fsp3) is 0.360. The normalized spacial score (nSPS) is 18.4. The second-order valence-corrected chi connectivity index (χ2v) is 10.1. The number of carbonyl (C=O) groups is 3. The van der Waals surface area contributed by atoms with Gasteiger partial charge in [0.15, 0.2) is 5.78 Å². The molecule has 1 aliphatic carbocycles. The number of aromatic nitrogens is 1. The zero-order valence-corrected chi connectivity index (χ0v) is 21.6. The maximum atomic E-state index is 12.6. The number of ketones is 1. The third-order valence-corrected chi connectivity index (χ3v) is 7.79. The number of rotatable bonds is 8. The van der Waals surface area contributed by atoms with Crippen LogP contribution in [0.1, 0.15) is 42.1 Å². The van der Waals surface area contributed by atoms with Gasteiger partial charge in [-0.15, -0.1) is 0 Å². The van der Waals surface area contributed by atoms with E-state index in [0.717, 1.165) is 0 Å². The van der Waals surface area contributed by atoms with Gasteiger partial charge in [-0.25, -0.2) is 4.79 Å². The molecule has 8 nitrogen and oxygen atoms in total. The van der Waals surface area contributed by atoms with Gasteiger partial charge < -0.3 is 20.5 Å². The van der Waals surface area contributed by atoms with E-state index in [2.05, 4.69) is 15.6 Å². The van der Waals surface area contributed by atoms with Gasteiger partial charge in [0.05, 0.1) is 21.0 Å². The number of carboxylic acid groups (broad SMARTS) is 1. The minimum atomic E-state index is -1.38. The molecule has 2 aliphatic rings. The third kappa shape index (κ3) is 4.70. The lowest BCUT2D eigenvalue weighted by atomic mass is 9.65. The Balaban J connectivity index is 1.53. The topological polar surface area (TPSA) is 118 Å². The van der Waals surface area contributed by atoms with Crippen molar-refractivity contribution in [3.63, 3.8) is 0 Å². The summed E-state index contributed by atoms with van der Waals surface area (Å²) in [4.78, 5) is 41.6. The van der Waals surface area contributed by atoms with E-state index in [-0.39, 0.29) is 39.3 Å². The zero-order chi connectivity index (χ0) is 26.1. The highest BCUT2D eigenvalue weighted by Crippen LogP contribution is 2.51. The summed E-state index contributed by atoms with van der Waals surface area (Å²) in [5.41, 5.74) is -0.404. The van der Waals surface area contributed by atoms with Crippen molar-refractivity contribution < 1.29 is 24.2 Å². The van der Waals surface area contributed by atoms with E-state index in [1.165, 1.54) is 12.4 Å². The number of anilines is 1. The molecule has 0 unspecified atom stereocenters. The maximum Gasteiger partial charge on any atom is 0.329 e. The number of carboxylic acids is 1. The van der Waals surface area contributed by atoms with Gasteiger partial charge in [0.25, 0.3) is 5.91 Å². The monoisotopic (exact) mass is 551 g/mol. The van der Waals surface area contributed by atoms with Crippen LogP contribution < -0.4 is 10.6 Å². The van der Waals surface area contributed by atoms with Crippen LogP contribution in [0.2, 0.25) is 10.0 Å². The minimum Gasteiger partial charge on any atom is -0.479 e. The molecule has 1 saturated heterocycles. The molecule has 190 valence electrons. The molecule has 2 aromatic rings. The quantitative estimate of drug-likeness (QED) is 0.429. The fourth-order valence-electron chi connectivity index (χ4n) is 4.61. The average molecular weight is 553 g/mol. The Morgan fingerprint density at radius 2 is 1.72 bits per heavy atom. The lowest BCUT2D eigenvalue weighted by Gasteiger charge is -2.48. The predicted molar refractivity (Wildman–Crippen MR) is 137 cm³/mol. The summed E-state index contributed by atoms with van der Waals surface area (Å²) >= 11 is 18.4. The van der Waals surface area contributed by atoms with Crippen LogP contribution in [0.5, 0.6) is 0 Å². The van der Waals surface area contributed by atoms with Crippen molar-refractivity contribution in [3.8, 4) is 0 Å². The number of allylic oxidation sites excluding steroid dienone is 2. The summed E-state index contributed by atoms with van der Waals surface area (Å²) in [5, 5.41) is 16.4. The van der Waals surface area contributed by atoms with Crippen molar-refractivity contribution in [2.75, 3.05) is 18.5 Å². The number of carbonyl (C=O) groups excluding carboxylic acids is 2. The first-order valence-electron chi connectivity index (χ1n) is 11.4. The standard InChI is InChI=1S/C25H24Cl3N3O5/c1-2-25(23(34)35,31-20-19(28)21(32)24(20)7-9-36-10-8-24)11-14-3-5-15(6-4-14)30-22(33)18-16(26)12-29-13-17(18)27/h3-6,12-13,31H,2,7-11H2,1H3,(H,30,33)(H,34,35)/t25-/m0/s1. The molecule has 1 fully saturated rings. The molecule has 1 spiro atoms. The van der Waals surface area contributed by atoms with Gasteiger partial charge in [0.2, 0.25) is 0 Å². The van der Waals surface area contributed by atoms with Gasteiger partial charge in [-0.1, -0.05) is 53.9 Å². The fourth-order valence-corrected chi connectivity index (χ4v) is 5.55. The SMILES string of the molecule is CC[C@@](Cc1ccc(NC(=O)c2c(Cl)cncc2Cl)cc1)(NC1=C(Cl)C(=O)C12CCOCC2)C(=O)O. The Labute approximate surface area is 223 Å². The summed E-state index contributed by atoms with van der Waals surface area (Å²) in [6.07, 6.45) is 3.96. The molecule has 4 rings (SSSR count). The van der Waals surface area contributed by atoms with Gasteiger partial charge in [-0.3, -0.25) is 14.6 Å². The van der Waals surface area contributed by atoms with Crippen molar-refractivity contribution in [3.05, 3.63) is 68.6 Å². The van der Waals surface area contributed by atoms with Gasteiger partial charge >= 0.3 is 5.97 Å². The molecule has 36 heavy (non-hydrogen) atoms. The van der Waals surface area contributed by atoms with Gasteiger partial charge in [0, 0.05) is 43.4 Å². The second kappa shape index (κ2) is 10.4. The number of hydrogen-bond donors (Lipinski definition) is 3. The summed E-state index contributed by atoms with van der Waals surface area (Å²) < 4.78 is 5.40. The molecule has 0 saturated carbocycles. The van der Waals surface area contributed by atoms with Gasteiger partial charge in [-0.05, 0) is 37.0 Å². The lowest BCUT2D eigenvalue weighted by Crippen LogP contribution is -2.60. The molecule has 1 amide bonds. The molecule has 2 heterocycles. The number of nitrogens with zero attached hydrogens (tertiary/aromatic N) is 1. The number of amides is 1. The lowest BCUT2D eigenvalue weighted by molar-refractivity contribution is -0.146. The van der Waals surface area contributed by atoms with Gasteiger partial charge in [-0.2, -0.15) is 0 Å². The molecule has 1 aromatic carbocycles. The predicted octanol–water partition coefficient (Wildman–Crippen LogP) is 4.84. The molecule has 0 bridgehead atoms. The first kappa shape index (κ1) is 26.4. The Bertz CT molecular complexity index is 1220. The number of hydrogen-bond acceptors (Lipinski definition) is 6. The number of ether oxygens (including phenoxy) is 1. The maximum absolute atomic E-state index is 12.6. The summed E-state index contributed by atoms with van der Waals surface area (Å²) in [7, 11) is 0. The smallest absolute Gasteiger partial charge is 0.329 e. The van der Waals surface area contributed by atoms with Crippen LogP contribution in [-0.2, 0) is 20.7 Å². The summed E-state index contributed by atoms with van der Waals surface area (Å²) in [6.45, 7) is 2.59. The molecule has 11 heteroatoms. The number of pyridine rings is 1. The third-order valence-electron chi connectivity index (χ3n) is 6.85. The van der Waals surface area contributed by atoms with Crippen LogP contribution in [0.4, 0.5) is 5.69 Å². The average Bonchev–Trinajstić information content (AvgIpc) is 2.87. The minimum absolute atomic E-state index is 0.0578. The highest BCUT2D eigenvalue weighted by Gasteiger charge is 2.56. The first-order valence-corrected chi connectivity index (χ1v) is 12.5. The van der Waals surface area contributed by atoms with E-state index >= 15 is 0 Å². The molecule has 1 atom stereocenters. The van der Waals surface area contributed by atoms with Crippen LogP contribution in [0, 0.1) is 5.41 Å².